The average molecular weight is 423 g/mol. The van der Waals surface area contributed by atoms with E-state index in [1.54, 1.807) is 11.3 Å². The largest absolute Gasteiger partial charge is 0.351 e. The molecule has 5 heterocycles. The number of anilines is 3. The van der Waals surface area contributed by atoms with Gasteiger partial charge in [0.2, 0.25) is 5.95 Å². The fourth-order valence-corrected chi connectivity index (χ4v) is 5.80. The van der Waals surface area contributed by atoms with Crippen molar-refractivity contribution in [2.24, 2.45) is 0 Å². The maximum absolute atomic E-state index is 8.94. The molecule has 3 aromatic heterocycles. The molecule has 0 saturated carbocycles. The van der Waals surface area contributed by atoms with E-state index in [2.05, 4.69) is 44.8 Å². The topological polar surface area (TPSA) is 106 Å². The summed E-state index contributed by atoms with van der Waals surface area (Å²) in [5, 5.41) is 24.2. The summed E-state index contributed by atoms with van der Waals surface area (Å²) in [6, 6.07) is 7.87. The third-order valence-corrected chi connectivity index (χ3v) is 7.11. The van der Waals surface area contributed by atoms with Crippen LogP contribution in [0.5, 0.6) is 0 Å². The first-order valence-electron chi connectivity index (χ1n) is 10.6. The molecule has 0 unspecified atom stereocenters. The van der Waals surface area contributed by atoms with Gasteiger partial charge >= 0.3 is 0 Å². The molecule has 0 aliphatic carbocycles. The molecule has 0 radical (unpaired) electrons. The number of hydrogen-bond acceptors (Lipinski definition) is 8. The number of thiophene rings is 1. The Morgan fingerprint density at radius 3 is 2.73 bits per heavy atom. The highest BCUT2D eigenvalue weighted by atomic mass is 32.1. The van der Waals surface area contributed by atoms with Crippen LogP contribution in [0.25, 0.3) is 10.2 Å². The zero-order valence-electron chi connectivity index (χ0n) is 17.3. The van der Waals surface area contributed by atoms with Gasteiger partial charge in [0, 0.05) is 47.7 Å². The van der Waals surface area contributed by atoms with Crippen LogP contribution in [0.3, 0.4) is 0 Å². The zero-order valence-corrected chi connectivity index (χ0v) is 18.1. The first kappa shape index (κ1) is 19.3. The number of hydrogen-bond donors (Lipinski definition) is 3. The lowest BCUT2D eigenvalue weighted by Gasteiger charge is -2.38. The van der Waals surface area contributed by atoms with Crippen molar-refractivity contribution in [2.75, 3.05) is 17.2 Å². The fraction of sp³-hybridized carbons (Fsp3) is 0.524. The fourth-order valence-electron chi connectivity index (χ4n) is 4.92. The van der Waals surface area contributed by atoms with Gasteiger partial charge in [-0.3, -0.25) is 10.00 Å². The van der Waals surface area contributed by atoms with E-state index in [9.17, 15) is 0 Å². The standard InChI is InChI=1S/C21H26N8S/c1-12-8-18(28-27-12)24-19-17-9-13(2)30-20(17)26-21(25-19)23-14-10-15-4-5-16(11-14)29(15)7-3-6-22/h8-9,14-16H,3-5,7,10-11H2,1-2H3,(H3,23,24,25,26,27,28)/t14-,15-,16+. The third-order valence-electron chi connectivity index (χ3n) is 6.17. The second-order valence-electron chi connectivity index (χ2n) is 8.38. The van der Waals surface area contributed by atoms with Crippen molar-refractivity contribution in [3.8, 4) is 6.07 Å². The van der Waals surface area contributed by atoms with Gasteiger partial charge in [-0.1, -0.05) is 0 Å². The summed E-state index contributed by atoms with van der Waals surface area (Å²) in [6.45, 7) is 4.97. The number of nitrogens with zero attached hydrogens (tertiary/aromatic N) is 5. The van der Waals surface area contributed by atoms with Crippen LogP contribution in [-0.2, 0) is 0 Å². The number of aromatic nitrogens is 4. The Labute approximate surface area is 179 Å². The molecule has 2 aliphatic rings. The van der Waals surface area contributed by atoms with E-state index in [-0.39, 0.29) is 0 Å². The Morgan fingerprint density at radius 1 is 1.23 bits per heavy atom. The molecule has 30 heavy (non-hydrogen) atoms. The van der Waals surface area contributed by atoms with Crippen molar-refractivity contribution in [1.29, 1.82) is 5.26 Å². The number of rotatable bonds is 6. The predicted octanol–water partition coefficient (Wildman–Crippen LogP) is 4.10. The lowest BCUT2D eigenvalue weighted by molar-refractivity contribution is 0.135. The Bertz CT molecular complexity index is 1080. The second kappa shape index (κ2) is 7.85. The Balaban J connectivity index is 1.37. The van der Waals surface area contributed by atoms with Crippen LogP contribution in [0.2, 0.25) is 0 Å². The molecule has 3 atom stereocenters. The highest BCUT2D eigenvalue weighted by Gasteiger charge is 2.40. The second-order valence-corrected chi connectivity index (χ2v) is 9.61. The summed E-state index contributed by atoms with van der Waals surface area (Å²) in [5.41, 5.74) is 1.00. The van der Waals surface area contributed by atoms with Gasteiger partial charge in [-0.05, 0) is 45.6 Å². The summed E-state index contributed by atoms with van der Waals surface area (Å²) in [4.78, 5) is 14.4. The maximum Gasteiger partial charge on any atom is 0.226 e. The Hall–Kier alpha value is -2.70. The highest BCUT2D eigenvalue weighted by Crippen LogP contribution is 2.37. The highest BCUT2D eigenvalue weighted by molar-refractivity contribution is 7.18. The normalized spacial score (nSPS) is 23.6. The monoisotopic (exact) mass is 422 g/mol. The lowest BCUT2D eigenvalue weighted by Crippen LogP contribution is -2.47. The van der Waals surface area contributed by atoms with Gasteiger partial charge in [-0.25, -0.2) is 4.98 Å². The average Bonchev–Trinajstić information content (AvgIpc) is 3.35. The smallest absolute Gasteiger partial charge is 0.226 e. The molecule has 0 spiro atoms. The molecular weight excluding hydrogens is 396 g/mol. The molecule has 8 nitrogen and oxygen atoms in total. The van der Waals surface area contributed by atoms with E-state index in [1.807, 2.05) is 13.0 Å². The molecule has 9 heteroatoms. The molecule has 3 N–H and O–H groups in total. The Kier molecular flexibility index (Phi) is 5.05. The van der Waals surface area contributed by atoms with E-state index in [4.69, 9.17) is 15.2 Å². The number of aryl methyl sites for hydroxylation is 2. The first-order valence-corrected chi connectivity index (χ1v) is 11.4. The number of piperidine rings is 1. The maximum atomic E-state index is 8.94. The van der Waals surface area contributed by atoms with E-state index in [1.165, 1.54) is 17.7 Å². The zero-order chi connectivity index (χ0) is 20.7. The predicted molar refractivity (Wildman–Crippen MR) is 119 cm³/mol. The number of fused-ring (bicyclic) bond motifs is 3. The lowest BCUT2D eigenvalue weighted by atomic mass is 9.97. The first-order chi connectivity index (χ1) is 14.6. The quantitative estimate of drug-likeness (QED) is 0.549. The molecule has 0 aromatic carbocycles. The minimum absolute atomic E-state index is 0.361. The molecule has 2 fully saturated rings. The summed E-state index contributed by atoms with van der Waals surface area (Å²) in [5.74, 6) is 2.22. The summed E-state index contributed by atoms with van der Waals surface area (Å²) in [7, 11) is 0. The van der Waals surface area contributed by atoms with Crippen molar-refractivity contribution in [1.82, 2.24) is 25.1 Å². The number of nitrogens with one attached hydrogen (secondary N) is 3. The minimum Gasteiger partial charge on any atom is -0.351 e. The van der Waals surface area contributed by atoms with E-state index >= 15 is 0 Å². The van der Waals surface area contributed by atoms with Crippen molar-refractivity contribution < 1.29 is 0 Å². The molecule has 2 aliphatic heterocycles. The van der Waals surface area contributed by atoms with Crippen LogP contribution in [0.4, 0.5) is 17.6 Å². The number of H-pyrrole nitrogens is 1. The molecule has 2 bridgehead atoms. The van der Waals surface area contributed by atoms with Gasteiger partial charge in [-0.15, -0.1) is 11.3 Å². The van der Waals surface area contributed by atoms with Gasteiger partial charge in [-0.2, -0.15) is 15.3 Å². The molecule has 0 amide bonds. The van der Waals surface area contributed by atoms with Crippen molar-refractivity contribution in [2.45, 2.75) is 64.1 Å². The van der Waals surface area contributed by atoms with Crippen molar-refractivity contribution in [3.05, 3.63) is 22.7 Å². The van der Waals surface area contributed by atoms with Crippen LogP contribution >= 0.6 is 11.3 Å². The molecule has 5 rings (SSSR count). The number of aromatic amines is 1. The minimum atomic E-state index is 0.361. The molecular formula is C21H26N8S. The van der Waals surface area contributed by atoms with Gasteiger partial charge in [0.05, 0.1) is 11.5 Å². The molecule has 2 saturated heterocycles. The Morgan fingerprint density at radius 2 is 2.03 bits per heavy atom. The summed E-state index contributed by atoms with van der Waals surface area (Å²) >= 11 is 1.68. The van der Waals surface area contributed by atoms with E-state index < -0.39 is 0 Å². The van der Waals surface area contributed by atoms with E-state index in [0.29, 0.717) is 30.5 Å². The van der Waals surface area contributed by atoms with Gasteiger partial charge in [0.15, 0.2) is 5.82 Å². The van der Waals surface area contributed by atoms with Crippen molar-refractivity contribution in [3.63, 3.8) is 0 Å². The summed E-state index contributed by atoms with van der Waals surface area (Å²) in [6.07, 6.45) is 5.22. The number of nitriles is 1. The van der Waals surface area contributed by atoms with Crippen molar-refractivity contribution >= 4 is 39.1 Å². The van der Waals surface area contributed by atoms with Crippen LogP contribution < -0.4 is 10.6 Å². The van der Waals surface area contributed by atoms with Crippen LogP contribution in [-0.4, -0.2) is 49.7 Å². The van der Waals surface area contributed by atoms with Crippen LogP contribution in [0.1, 0.15) is 42.7 Å². The SMILES string of the molecule is Cc1cc(Nc2nc(N[C@@H]3C[C@H]4CC[C@@H](C3)N4CCC#N)nc3sc(C)cc23)n[nH]1. The van der Waals surface area contributed by atoms with Gasteiger partial charge in [0.25, 0.3) is 0 Å². The van der Waals surface area contributed by atoms with Crippen LogP contribution in [0, 0.1) is 25.2 Å². The molecule has 156 valence electrons. The summed E-state index contributed by atoms with van der Waals surface area (Å²) < 4.78 is 0. The molecule has 3 aromatic rings. The van der Waals surface area contributed by atoms with Gasteiger partial charge < -0.3 is 10.6 Å². The van der Waals surface area contributed by atoms with Crippen LogP contribution in [0.15, 0.2) is 12.1 Å². The van der Waals surface area contributed by atoms with E-state index in [0.717, 1.165) is 46.9 Å². The van der Waals surface area contributed by atoms with Gasteiger partial charge in [0.1, 0.15) is 10.6 Å². The third kappa shape index (κ3) is 3.73.